The number of anilines is 1. The molecule has 0 saturated carbocycles. The van der Waals surface area contributed by atoms with Crippen molar-refractivity contribution in [2.45, 2.75) is 13.3 Å². The Morgan fingerprint density at radius 2 is 1.76 bits per heavy atom. The molecule has 2 N–H and O–H groups in total. The molecule has 1 heterocycles. The second-order valence-electron chi connectivity index (χ2n) is 5.24. The van der Waals surface area contributed by atoms with Gasteiger partial charge >= 0.3 is 0 Å². The average molecular weight is 343 g/mol. The molecule has 0 fully saturated rings. The second-order valence-corrected chi connectivity index (χ2v) is 5.24. The fraction of sp³-hybridized carbons (Fsp3) is 0.278. The predicted octanol–water partition coefficient (Wildman–Crippen LogP) is 2.49. The Kier molecular flexibility index (Phi) is 6.33. The normalized spacial score (nSPS) is 10.0. The van der Waals surface area contributed by atoms with E-state index in [-0.39, 0.29) is 11.5 Å². The van der Waals surface area contributed by atoms with Crippen LogP contribution in [-0.4, -0.2) is 37.6 Å². The van der Waals surface area contributed by atoms with E-state index in [1.807, 2.05) is 6.92 Å². The number of amides is 2. The fourth-order valence-corrected chi connectivity index (χ4v) is 2.14. The number of pyridine rings is 1. The van der Waals surface area contributed by atoms with Crippen LogP contribution in [0.2, 0.25) is 0 Å². The summed E-state index contributed by atoms with van der Waals surface area (Å²) in [7, 11) is 3.05. The van der Waals surface area contributed by atoms with E-state index in [1.165, 1.54) is 32.7 Å². The van der Waals surface area contributed by atoms with Gasteiger partial charge in [-0.05, 0) is 24.6 Å². The topological polar surface area (TPSA) is 89.6 Å². The smallest absolute Gasteiger partial charge is 0.257 e. The summed E-state index contributed by atoms with van der Waals surface area (Å²) in [5.41, 5.74) is 1.07. The van der Waals surface area contributed by atoms with E-state index in [2.05, 4.69) is 15.6 Å². The summed E-state index contributed by atoms with van der Waals surface area (Å²) in [5, 5.41) is 5.50. The van der Waals surface area contributed by atoms with E-state index in [0.29, 0.717) is 29.3 Å². The minimum Gasteiger partial charge on any atom is -0.497 e. The molecule has 7 nitrogen and oxygen atoms in total. The van der Waals surface area contributed by atoms with Crippen molar-refractivity contribution in [3.8, 4) is 11.5 Å². The Bertz CT molecular complexity index is 762. The monoisotopic (exact) mass is 343 g/mol. The van der Waals surface area contributed by atoms with E-state index >= 15 is 0 Å². The zero-order valence-corrected chi connectivity index (χ0v) is 14.5. The number of nitrogens with one attached hydrogen (secondary N) is 2. The summed E-state index contributed by atoms with van der Waals surface area (Å²) >= 11 is 0. The third kappa shape index (κ3) is 4.69. The van der Waals surface area contributed by atoms with E-state index in [1.54, 1.807) is 18.2 Å². The molecule has 132 valence electrons. The third-order valence-electron chi connectivity index (χ3n) is 3.45. The van der Waals surface area contributed by atoms with Gasteiger partial charge in [-0.2, -0.15) is 0 Å². The Morgan fingerprint density at radius 3 is 2.40 bits per heavy atom. The summed E-state index contributed by atoms with van der Waals surface area (Å²) < 4.78 is 10.4. The molecule has 0 bridgehead atoms. The molecule has 0 aliphatic carbocycles. The first-order valence-corrected chi connectivity index (χ1v) is 7.85. The molecule has 0 aliphatic rings. The summed E-state index contributed by atoms with van der Waals surface area (Å²) in [4.78, 5) is 28.5. The number of carbonyl (C=O) groups excluding carboxylic acids is 2. The number of rotatable bonds is 7. The zero-order chi connectivity index (χ0) is 18.2. The van der Waals surface area contributed by atoms with Crippen LogP contribution >= 0.6 is 0 Å². The lowest BCUT2D eigenvalue weighted by molar-refractivity contribution is 0.0953. The summed E-state index contributed by atoms with van der Waals surface area (Å²) in [5.74, 6) is 0.424. The van der Waals surface area contributed by atoms with Gasteiger partial charge in [0.2, 0.25) is 0 Å². The molecule has 2 aromatic rings. The van der Waals surface area contributed by atoms with E-state index < -0.39 is 5.91 Å². The number of ether oxygens (including phenoxy) is 2. The molecular weight excluding hydrogens is 322 g/mol. The lowest BCUT2D eigenvalue weighted by Gasteiger charge is -2.12. The van der Waals surface area contributed by atoms with Crippen LogP contribution in [0, 0.1) is 0 Å². The molecule has 7 heteroatoms. The van der Waals surface area contributed by atoms with Crippen molar-refractivity contribution in [2.24, 2.45) is 0 Å². The van der Waals surface area contributed by atoms with Gasteiger partial charge < -0.3 is 20.1 Å². The molecule has 0 unspecified atom stereocenters. The van der Waals surface area contributed by atoms with Crippen LogP contribution in [0.5, 0.6) is 11.5 Å². The standard InChI is InChI=1S/C18H21N3O4/c1-4-7-20-17(22)12-8-13(11-19-10-12)18(23)21-15-9-14(24-2)5-6-16(15)25-3/h5-6,8-11H,4,7H2,1-3H3,(H,20,22)(H,21,23). The highest BCUT2D eigenvalue weighted by Crippen LogP contribution is 2.29. The van der Waals surface area contributed by atoms with Crippen molar-refractivity contribution in [3.63, 3.8) is 0 Å². The van der Waals surface area contributed by atoms with Crippen molar-refractivity contribution in [1.29, 1.82) is 0 Å². The van der Waals surface area contributed by atoms with E-state index in [4.69, 9.17) is 9.47 Å². The highest BCUT2D eigenvalue weighted by Gasteiger charge is 2.14. The number of carbonyl (C=O) groups is 2. The maximum absolute atomic E-state index is 12.5. The van der Waals surface area contributed by atoms with Gasteiger partial charge in [0.05, 0.1) is 31.0 Å². The van der Waals surface area contributed by atoms with Crippen LogP contribution in [0.15, 0.2) is 36.7 Å². The molecule has 0 atom stereocenters. The van der Waals surface area contributed by atoms with Crippen LogP contribution in [0.3, 0.4) is 0 Å². The van der Waals surface area contributed by atoms with Crippen molar-refractivity contribution < 1.29 is 19.1 Å². The zero-order valence-electron chi connectivity index (χ0n) is 14.5. The molecule has 1 aromatic heterocycles. The molecule has 0 radical (unpaired) electrons. The van der Waals surface area contributed by atoms with Crippen molar-refractivity contribution in [1.82, 2.24) is 10.3 Å². The van der Waals surface area contributed by atoms with Gasteiger partial charge in [0, 0.05) is 25.0 Å². The van der Waals surface area contributed by atoms with Crippen LogP contribution < -0.4 is 20.1 Å². The quantitative estimate of drug-likeness (QED) is 0.806. The van der Waals surface area contributed by atoms with Crippen LogP contribution in [0.1, 0.15) is 34.1 Å². The second kappa shape index (κ2) is 8.68. The molecule has 0 aliphatic heterocycles. The van der Waals surface area contributed by atoms with Crippen molar-refractivity contribution in [2.75, 3.05) is 26.1 Å². The SMILES string of the molecule is CCCNC(=O)c1cncc(C(=O)Nc2cc(OC)ccc2OC)c1. The first kappa shape index (κ1) is 18.3. The maximum atomic E-state index is 12.5. The fourth-order valence-electron chi connectivity index (χ4n) is 2.14. The summed E-state index contributed by atoms with van der Waals surface area (Å²) in [6.45, 7) is 2.53. The number of benzene rings is 1. The highest BCUT2D eigenvalue weighted by atomic mass is 16.5. The molecule has 25 heavy (non-hydrogen) atoms. The number of aromatic nitrogens is 1. The minimum atomic E-state index is -0.399. The molecular formula is C18H21N3O4. The summed E-state index contributed by atoms with van der Waals surface area (Å²) in [6.07, 6.45) is 3.65. The van der Waals surface area contributed by atoms with Gasteiger partial charge in [0.15, 0.2) is 0 Å². The number of hydrogen-bond acceptors (Lipinski definition) is 5. The number of methoxy groups -OCH3 is 2. The van der Waals surface area contributed by atoms with Gasteiger partial charge in [-0.3, -0.25) is 14.6 Å². The lowest BCUT2D eigenvalue weighted by atomic mass is 10.1. The van der Waals surface area contributed by atoms with Crippen LogP contribution in [0.25, 0.3) is 0 Å². The molecule has 0 saturated heterocycles. The Morgan fingerprint density at radius 1 is 1.04 bits per heavy atom. The van der Waals surface area contributed by atoms with Crippen LogP contribution in [0.4, 0.5) is 5.69 Å². The largest absolute Gasteiger partial charge is 0.497 e. The van der Waals surface area contributed by atoms with Crippen LogP contribution in [-0.2, 0) is 0 Å². The summed E-state index contributed by atoms with van der Waals surface area (Å²) in [6, 6.07) is 6.58. The predicted molar refractivity (Wildman–Crippen MR) is 94.4 cm³/mol. The third-order valence-corrected chi connectivity index (χ3v) is 3.45. The first-order chi connectivity index (χ1) is 12.1. The first-order valence-electron chi connectivity index (χ1n) is 7.85. The van der Waals surface area contributed by atoms with E-state index in [9.17, 15) is 9.59 Å². The van der Waals surface area contributed by atoms with E-state index in [0.717, 1.165) is 6.42 Å². The average Bonchev–Trinajstić information content (AvgIpc) is 2.66. The maximum Gasteiger partial charge on any atom is 0.257 e. The van der Waals surface area contributed by atoms with Gasteiger partial charge in [0.1, 0.15) is 11.5 Å². The minimum absolute atomic E-state index is 0.261. The van der Waals surface area contributed by atoms with Crippen molar-refractivity contribution in [3.05, 3.63) is 47.8 Å². The number of hydrogen-bond donors (Lipinski definition) is 2. The van der Waals surface area contributed by atoms with Gasteiger partial charge in [0.25, 0.3) is 11.8 Å². The Labute approximate surface area is 146 Å². The Balaban J connectivity index is 2.20. The van der Waals surface area contributed by atoms with Gasteiger partial charge in [-0.15, -0.1) is 0 Å². The van der Waals surface area contributed by atoms with Gasteiger partial charge in [-0.25, -0.2) is 0 Å². The van der Waals surface area contributed by atoms with Gasteiger partial charge in [-0.1, -0.05) is 6.92 Å². The lowest BCUT2D eigenvalue weighted by Crippen LogP contribution is -2.24. The number of nitrogens with zero attached hydrogens (tertiary/aromatic N) is 1. The Hall–Kier alpha value is -3.09. The molecule has 2 amide bonds. The molecule has 0 spiro atoms. The highest BCUT2D eigenvalue weighted by molar-refractivity contribution is 6.06. The molecule has 2 rings (SSSR count). The van der Waals surface area contributed by atoms with Crippen molar-refractivity contribution >= 4 is 17.5 Å². The molecule has 1 aromatic carbocycles.